The summed E-state index contributed by atoms with van der Waals surface area (Å²) in [6.45, 7) is 7.43. The van der Waals surface area contributed by atoms with Crippen molar-refractivity contribution < 1.29 is 4.79 Å². The first-order valence-corrected chi connectivity index (χ1v) is 8.29. The number of carbonyl (C=O) groups excluding carboxylic acids is 1. The Balaban J connectivity index is 1.80. The highest BCUT2D eigenvalue weighted by atomic mass is 16.2. The summed E-state index contributed by atoms with van der Waals surface area (Å²) in [5.41, 5.74) is 2.56. The van der Waals surface area contributed by atoms with Crippen molar-refractivity contribution in [2.45, 2.75) is 52.2 Å². The summed E-state index contributed by atoms with van der Waals surface area (Å²) in [5, 5.41) is 3.52. The lowest BCUT2D eigenvalue weighted by Crippen LogP contribution is -2.33. The first-order valence-electron chi connectivity index (χ1n) is 8.29. The van der Waals surface area contributed by atoms with Crippen molar-refractivity contribution in [3.8, 4) is 0 Å². The van der Waals surface area contributed by atoms with Gasteiger partial charge in [0.1, 0.15) is 6.17 Å². The van der Waals surface area contributed by atoms with E-state index in [0.29, 0.717) is 5.92 Å². The van der Waals surface area contributed by atoms with Crippen LogP contribution >= 0.6 is 0 Å². The molecule has 1 heterocycles. The molecule has 2 fully saturated rings. The summed E-state index contributed by atoms with van der Waals surface area (Å²) in [6.07, 6.45) is 3.24. The van der Waals surface area contributed by atoms with Gasteiger partial charge in [-0.1, -0.05) is 45.0 Å². The molecule has 0 bridgehead atoms. The molecule has 1 aliphatic carbocycles. The average molecular weight is 286 g/mol. The molecule has 1 aliphatic heterocycles. The standard InChI is InChI=1S/C18H26N2O/c1-4-13-6-8-14(9-7-13)17-19-16(5-2)18(21)20(17)11-15-10-12(15)3/h6-9,12,15-17,19H,4-5,10-11H2,1-3H3. The van der Waals surface area contributed by atoms with Gasteiger partial charge < -0.3 is 4.90 Å². The molecular weight excluding hydrogens is 260 g/mol. The molecule has 1 amide bonds. The van der Waals surface area contributed by atoms with Crippen molar-refractivity contribution in [3.63, 3.8) is 0 Å². The number of nitrogens with zero attached hydrogens (tertiary/aromatic N) is 1. The zero-order chi connectivity index (χ0) is 15.0. The molecule has 1 aromatic carbocycles. The summed E-state index contributed by atoms with van der Waals surface area (Å²) in [6, 6.07) is 8.68. The predicted octanol–water partition coefficient (Wildman–Crippen LogP) is 3.11. The smallest absolute Gasteiger partial charge is 0.241 e. The van der Waals surface area contributed by atoms with E-state index in [-0.39, 0.29) is 18.1 Å². The molecule has 1 saturated carbocycles. The van der Waals surface area contributed by atoms with Gasteiger partial charge in [-0.05, 0) is 42.2 Å². The minimum Gasteiger partial charge on any atom is -0.321 e. The van der Waals surface area contributed by atoms with Gasteiger partial charge in [-0.3, -0.25) is 10.1 Å². The molecule has 114 valence electrons. The van der Waals surface area contributed by atoms with Crippen molar-refractivity contribution in [3.05, 3.63) is 35.4 Å². The van der Waals surface area contributed by atoms with Crippen LogP contribution in [0.15, 0.2) is 24.3 Å². The van der Waals surface area contributed by atoms with E-state index in [1.54, 1.807) is 0 Å². The lowest BCUT2D eigenvalue weighted by molar-refractivity contribution is -0.130. The van der Waals surface area contributed by atoms with Crippen LogP contribution in [0.4, 0.5) is 0 Å². The third-order valence-electron chi connectivity index (χ3n) is 5.07. The van der Waals surface area contributed by atoms with E-state index in [2.05, 4.69) is 55.3 Å². The lowest BCUT2D eigenvalue weighted by atomic mass is 10.1. The van der Waals surface area contributed by atoms with Crippen molar-refractivity contribution in [2.24, 2.45) is 11.8 Å². The number of benzene rings is 1. The average Bonchev–Trinajstić information content (AvgIpc) is 3.11. The Morgan fingerprint density at radius 1 is 1.24 bits per heavy atom. The number of aryl methyl sites for hydroxylation is 1. The summed E-state index contributed by atoms with van der Waals surface area (Å²) in [7, 11) is 0. The Kier molecular flexibility index (Phi) is 4.03. The van der Waals surface area contributed by atoms with Gasteiger partial charge in [-0.15, -0.1) is 0 Å². The summed E-state index contributed by atoms with van der Waals surface area (Å²) in [5.74, 6) is 1.76. The van der Waals surface area contributed by atoms with Gasteiger partial charge in [-0.2, -0.15) is 0 Å². The maximum Gasteiger partial charge on any atom is 0.241 e. The molecule has 0 spiro atoms. The molecule has 1 saturated heterocycles. The van der Waals surface area contributed by atoms with Crippen molar-refractivity contribution in [1.82, 2.24) is 10.2 Å². The Hall–Kier alpha value is -1.35. The quantitative estimate of drug-likeness (QED) is 0.902. The van der Waals surface area contributed by atoms with Gasteiger partial charge in [0, 0.05) is 6.54 Å². The van der Waals surface area contributed by atoms with E-state index in [1.165, 1.54) is 17.5 Å². The van der Waals surface area contributed by atoms with Crippen molar-refractivity contribution in [2.75, 3.05) is 6.54 Å². The number of carbonyl (C=O) groups is 1. The van der Waals surface area contributed by atoms with Crippen LogP contribution in [0.1, 0.15) is 50.9 Å². The molecule has 3 rings (SSSR count). The minimum atomic E-state index is -0.0186. The third-order valence-corrected chi connectivity index (χ3v) is 5.07. The van der Waals surface area contributed by atoms with E-state index in [0.717, 1.165) is 25.3 Å². The maximum atomic E-state index is 12.6. The number of rotatable bonds is 5. The van der Waals surface area contributed by atoms with Crippen LogP contribution in [0.2, 0.25) is 0 Å². The topological polar surface area (TPSA) is 32.3 Å². The molecule has 0 aromatic heterocycles. The van der Waals surface area contributed by atoms with Crippen LogP contribution < -0.4 is 5.32 Å². The van der Waals surface area contributed by atoms with Gasteiger partial charge in [0.25, 0.3) is 0 Å². The van der Waals surface area contributed by atoms with Gasteiger partial charge >= 0.3 is 0 Å². The fourth-order valence-electron chi connectivity index (χ4n) is 3.28. The number of hydrogen-bond donors (Lipinski definition) is 1. The SMILES string of the molecule is CCc1ccc(C2NC(CC)C(=O)N2CC2CC2C)cc1. The maximum absolute atomic E-state index is 12.6. The predicted molar refractivity (Wildman–Crippen MR) is 84.8 cm³/mol. The highest BCUT2D eigenvalue weighted by Crippen LogP contribution is 2.40. The molecule has 4 unspecified atom stereocenters. The highest BCUT2D eigenvalue weighted by Gasteiger charge is 2.43. The Bertz CT molecular complexity index is 510. The second-order valence-corrected chi connectivity index (χ2v) is 6.59. The van der Waals surface area contributed by atoms with Crippen LogP contribution in [0.25, 0.3) is 0 Å². The van der Waals surface area contributed by atoms with Gasteiger partial charge in [0.05, 0.1) is 6.04 Å². The van der Waals surface area contributed by atoms with E-state index < -0.39 is 0 Å². The fourth-order valence-corrected chi connectivity index (χ4v) is 3.28. The number of hydrogen-bond acceptors (Lipinski definition) is 2. The van der Waals surface area contributed by atoms with E-state index in [4.69, 9.17) is 0 Å². The molecule has 3 nitrogen and oxygen atoms in total. The van der Waals surface area contributed by atoms with Crippen LogP contribution in [-0.2, 0) is 11.2 Å². The minimum absolute atomic E-state index is 0.0186. The Morgan fingerprint density at radius 3 is 2.43 bits per heavy atom. The first-order chi connectivity index (χ1) is 10.1. The monoisotopic (exact) mass is 286 g/mol. The third kappa shape index (κ3) is 2.84. The van der Waals surface area contributed by atoms with Crippen LogP contribution in [0.5, 0.6) is 0 Å². The Morgan fingerprint density at radius 2 is 1.90 bits per heavy atom. The first kappa shape index (κ1) is 14.6. The molecule has 21 heavy (non-hydrogen) atoms. The Labute approximate surface area is 127 Å². The molecular formula is C18H26N2O. The highest BCUT2D eigenvalue weighted by molar-refractivity contribution is 5.84. The summed E-state index contributed by atoms with van der Waals surface area (Å²) in [4.78, 5) is 14.6. The number of nitrogens with one attached hydrogen (secondary N) is 1. The van der Waals surface area contributed by atoms with Crippen LogP contribution in [0.3, 0.4) is 0 Å². The van der Waals surface area contributed by atoms with Crippen LogP contribution in [0, 0.1) is 11.8 Å². The summed E-state index contributed by atoms with van der Waals surface area (Å²) >= 11 is 0. The molecule has 2 aliphatic rings. The normalized spacial score (nSPS) is 31.8. The zero-order valence-electron chi connectivity index (χ0n) is 13.3. The van der Waals surface area contributed by atoms with Crippen LogP contribution in [-0.4, -0.2) is 23.4 Å². The molecule has 1 aromatic rings. The zero-order valence-corrected chi connectivity index (χ0v) is 13.3. The van der Waals surface area contributed by atoms with Gasteiger partial charge in [-0.25, -0.2) is 0 Å². The van der Waals surface area contributed by atoms with E-state index >= 15 is 0 Å². The molecule has 1 N–H and O–H groups in total. The number of amides is 1. The van der Waals surface area contributed by atoms with Crippen molar-refractivity contribution >= 4 is 5.91 Å². The molecule has 0 radical (unpaired) electrons. The summed E-state index contributed by atoms with van der Waals surface area (Å²) < 4.78 is 0. The van der Waals surface area contributed by atoms with E-state index in [1.807, 2.05) is 0 Å². The lowest BCUT2D eigenvalue weighted by Gasteiger charge is -2.25. The van der Waals surface area contributed by atoms with Gasteiger partial charge in [0.15, 0.2) is 0 Å². The van der Waals surface area contributed by atoms with Gasteiger partial charge in [0.2, 0.25) is 5.91 Å². The largest absolute Gasteiger partial charge is 0.321 e. The van der Waals surface area contributed by atoms with E-state index in [9.17, 15) is 4.79 Å². The fraction of sp³-hybridized carbons (Fsp3) is 0.611. The molecule has 4 atom stereocenters. The molecule has 3 heteroatoms. The second-order valence-electron chi connectivity index (χ2n) is 6.59. The van der Waals surface area contributed by atoms with Crippen molar-refractivity contribution in [1.29, 1.82) is 0 Å². The second kappa shape index (κ2) is 5.80.